The third kappa shape index (κ3) is 5.60. The lowest BCUT2D eigenvalue weighted by Crippen LogP contribution is -2.36. The lowest BCUT2D eigenvalue weighted by molar-refractivity contribution is -0.119. The molecule has 7 nitrogen and oxygen atoms in total. The zero-order chi connectivity index (χ0) is 26.5. The number of fused-ring (bicyclic) bond motifs is 1. The Morgan fingerprint density at radius 3 is 2.73 bits per heavy atom. The molecule has 0 radical (unpaired) electrons. The second kappa shape index (κ2) is 11.5. The summed E-state index contributed by atoms with van der Waals surface area (Å²) in [5.74, 6) is -1.63. The van der Waals surface area contributed by atoms with Gasteiger partial charge in [0.1, 0.15) is 23.0 Å². The highest BCUT2D eigenvalue weighted by molar-refractivity contribution is 5.98. The van der Waals surface area contributed by atoms with E-state index in [0.29, 0.717) is 31.2 Å². The number of allylic oxidation sites excluding steroid dienone is 1. The van der Waals surface area contributed by atoms with Gasteiger partial charge in [-0.05, 0) is 55.9 Å². The van der Waals surface area contributed by atoms with Crippen molar-refractivity contribution in [3.05, 3.63) is 76.6 Å². The number of carbonyl (C=O) groups is 2. The van der Waals surface area contributed by atoms with Crippen molar-refractivity contribution < 1.29 is 18.4 Å². The zero-order valence-electron chi connectivity index (χ0n) is 20.8. The van der Waals surface area contributed by atoms with Crippen LogP contribution in [0.2, 0.25) is 0 Å². The summed E-state index contributed by atoms with van der Waals surface area (Å²) < 4.78 is 29.8. The van der Waals surface area contributed by atoms with Crippen molar-refractivity contribution in [1.29, 1.82) is 0 Å². The van der Waals surface area contributed by atoms with E-state index in [-0.39, 0.29) is 28.2 Å². The Bertz CT molecular complexity index is 1400. The molecule has 2 amide bonds. The van der Waals surface area contributed by atoms with E-state index in [0.717, 1.165) is 44.2 Å². The zero-order valence-corrected chi connectivity index (χ0v) is 20.8. The Morgan fingerprint density at radius 1 is 1.22 bits per heavy atom. The first kappa shape index (κ1) is 26.2. The number of piperidine rings is 1. The Hall–Kier alpha value is -3.88. The van der Waals surface area contributed by atoms with Gasteiger partial charge in [0.15, 0.2) is 5.65 Å². The van der Waals surface area contributed by atoms with Gasteiger partial charge in [-0.2, -0.15) is 0 Å². The number of halogens is 2. The fourth-order valence-corrected chi connectivity index (χ4v) is 4.62. The third-order valence-electron chi connectivity index (χ3n) is 6.77. The Kier molecular flexibility index (Phi) is 8.11. The molecule has 0 bridgehead atoms. The maximum atomic E-state index is 14.9. The predicted octanol–water partition coefficient (Wildman–Crippen LogP) is 4.90. The molecule has 0 aliphatic carbocycles. The summed E-state index contributed by atoms with van der Waals surface area (Å²) in [7, 11) is 0. The van der Waals surface area contributed by atoms with E-state index in [4.69, 9.17) is 0 Å². The molecule has 1 N–H and O–H groups in total. The van der Waals surface area contributed by atoms with Gasteiger partial charge in [-0.15, -0.1) is 6.58 Å². The van der Waals surface area contributed by atoms with E-state index < -0.39 is 23.0 Å². The fraction of sp³-hybridized carbons (Fsp3) is 0.357. The summed E-state index contributed by atoms with van der Waals surface area (Å²) in [4.78, 5) is 44.9. The summed E-state index contributed by atoms with van der Waals surface area (Å²) in [6.45, 7) is 6.67. The van der Waals surface area contributed by atoms with E-state index in [1.807, 2.05) is 6.08 Å². The van der Waals surface area contributed by atoms with E-state index in [2.05, 4.69) is 23.8 Å². The van der Waals surface area contributed by atoms with Gasteiger partial charge < -0.3 is 5.32 Å². The van der Waals surface area contributed by atoms with Gasteiger partial charge in [0.25, 0.3) is 5.91 Å². The topological polar surface area (TPSA) is 84.3 Å². The molecule has 194 valence electrons. The molecule has 0 saturated carbocycles. The molecule has 9 heteroatoms. The van der Waals surface area contributed by atoms with E-state index in [9.17, 15) is 23.2 Å². The standard InChI is InChI=1S/C28H30F2N4O3/c1-3-7-18(4-2)13-14-31-28(37)21-17-34(23-11-9-19(29)16-22(23)30)27-20(26(21)36)10-12-24(32-27)33-15-6-5-8-25(33)35/h3,9-12,16-18H,1,4-8,13-15H2,2H3,(H,31,37). The quantitative estimate of drug-likeness (QED) is 0.417. The van der Waals surface area contributed by atoms with Gasteiger partial charge in [-0.1, -0.05) is 19.4 Å². The Labute approximate surface area is 213 Å². The first-order chi connectivity index (χ1) is 17.8. The fourth-order valence-electron chi connectivity index (χ4n) is 4.62. The second-order valence-corrected chi connectivity index (χ2v) is 9.22. The van der Waals surface area contributed by atoms with Crippen molar-refractivity contribution in [2.45, 2.75) is 45.4 Å². The van der Waals surface area contributed by atoms with Crippen LogP contribution in [-0.2, 0) is 4.79 Å². The molecule has 1 fully saturated rings. The lowest BCUT2D eigenvalue weighted by atomic mass is 9.98. The number of rotatable bonds is 9. The van der Waals surface area contributed by atoms with Crippen molar-refractivity contribution in [1.82, 2.24) is 14.9 Å². The highest BCUT2D eigenvalue weighted by Crippen LogP contribution is 2.25. The number of hydrogen-bond donors (Lipinski definition) is 1. The first-order valence-corrected chi connectivity index (χ1v) is 12.5. The first-order valence-electron chi connectivity index (χ1n) is 12.5. The molecule has 37 heavy (non-hydrogen) atoms. The van der Waals surface area contributed by atoms with Gasteiger partial charge in [0.05, 0.1) is 11.1 Å². The summed E-state index contributed by atoms with van der Waals surface area (Å²) in [5.41, 5.74) is -0.753. The molecule has 1 unspecified atom stereocenters. The highest BCUT2D eigenvalue weighted by Gasteiger charge is 2.24. The summed E-state index contributed by atoms with van der Waals surface area (Å²) in [5, 5.41) is 2.87. The van der Waals surface area contributed by atoms with Crippen LogP contribution >= 0.6 is 0 Å². The smallest absolute Gasteiger partial charge is 0.256 e. The van der Waals surface area contributed by atoms with Crippen molar-refractivity contribution in [3.63, 3.8) is 0 Å². The van der Waals surface area contributed by atoms with Gasteiger partial charge in [0.2, 0.25) is 11.3 Å². The summed E-state index contributed by atoms with van der Waals surface area (Å²) in [6.07, 6.45) is 7.55. The Morgan fingerprint density at radius 2 is 2.03 bits per heavy atom. The van der Waals surface area contributed by atoms with Gasteiger partial charge >= 0.3 is 0 Å². The third-order valence-corrected chi connectivity index (χ3v) is 6.77. The van der Waals surface area contributed by atoms with Crippen molar-refractivity contribution in [2.75, 3.05) is 18.0 Å². The maximum Gasteiger partial charge on any atom is 0.256 e. The van der Waals surface area contributed by atoms with Gasteiger partial charge in [-0.3, -0.25) is 23.9 Å². The van der Waals surface area contributed by atoms with E-state index in [1.54, 1.807) is 6.07 Å². The molecule has 4 rings (SSSR count). The minimum atomic E-state index is -0.882. The molecule has 1 atom stereocenters. The number of pyridine rings is 2. The number of hydrogen-bond acceptors (Lipinski definition) is 4. The van der Waals surface area contributed by atoms with Crippen molar-refractivity contribution in [3.8, 4) is 5.69 Å². The molecule has 3 aromatic rings. The summed E-state index contributed by atoms with van der Waals surface area (Å²) >= 11 is 0. The van der Waals surface area contributed by atoms with E-state index >= 15 is 0 Å². The Balaban J connectivity index is 1.79. The van der Waals surface area contributed by atoms with Crippen molar-refractivity contribution in [2.24, 2.45) is 5.92 Å². The molecule has 1 aliphatic heterocycles. The molecule has 2 aromatic heterocycles. The predicted molar refractivity (Wildman–Crippen MR) is 139 cm³/mol. The maximum absolute atomic E-state index is 14.9. The molecular weight excluding hydrogens is 478 g/mol. The highest BCUT2D eigenvalue weighted by atomic mass is 19.1. The minimum Gasteiger partial charge on any atom is -0.352 e. The van der Waals surface area contributed by atoms with Gasteiger partial charge in [0, 0.05) is 31.8 Å². The molecule has 1 aliphatic rings. The largest absolute Gasteiger partial charge is 0.352 e. The number of amides is 2. The van der Waals surface area contributed by atoms with Crippen molar-refractivity contribution >= 4 is 28.7 Å². The van der Waals surface area contributed by atoms with Crippen LogP contribution in [0.5, 0.6) is 0 Å². The number of carbonyl (C=O) groups excluding carboxylic acids is 2. The van der Waals surface area contributed by atoms with Crippen LogP contribution in [0.3, 0.4) is 0 Å². The van der Waals surface area contributed by atoms with Crippen LogP contribution in [0.15, 0.2) is 54.0 Å². The van der Waals surface area contributed by atoms with E-state index in [1.165, 1.54) is 27.8 Å². The average molecular weight is 509 g/mol. The van der Waals surface area contributed by atoms with Crippen LogP contribution < -0.4 is 15.6 Å². The van der Waals surface area contributed by atoms with Crippen LogP contribution in [0.25, 0.3) is 16.7 Å². The minimum absolute atomic E-state index is 0.0694. The molecule has 1 saturated heterocycles. The molecule has 3 heterocycles. The SMILES string of the molecule is C=CCC(CC)CCNC(=O)c1cn(-c2ccc(F)cc2F)c2nc(N3CCCCC3=O)ccc2c1=O. The number of nitrogens with one attached hydrogen (secondary N) is 1. The summed E-state index contributed by atoms with van der Waals surface area (Å²) in [6, 6.07) is 6.08. The molecule has 0 spiro atoms. The van der Waals surface area contributed by atoms with Crippen LogP contribution in [0, 0.1) is 17.6 Å². The van der Waals surface area contributed by atoms with Crippen LogP contribution in [0.1, 0.15) is 55.8 Å². The normalized spacial score (nSPS) is 14.6. The molecule has 1 aromatic carbocycles. The van der Waals surface area contributed by atoms with Gasteiger partial charge in [-0.25, -0.2) is 13.8 Å². The number of nitrogens with zero attached hydrogens (tertiary/aromatic N) is 3. The lowest BCUT2D eigenvalue weighted by Gasteiger charge is -2.26. The average Bonchev–Trinajstić information content (AvgIpc) is 2.89. The molecular formula is C28H30F2N4O3. The van der Waals surface area contributed by atoms with Crippen LogP contribution in [0.4, 0.5) is 14.6 Å². The number of benzene rings is 1. The number of anilines is 1. The van der Waals surface area contributed by atoms with Crippen LogP contribution in [-0.4, -0.2) is 34.5 Å². The second-order valence-electron chi connectivity index (χ2n) is 9.22. The number of aromatic nitrogens is 2. The monoisotopic (exact) mass is 508 g/mol.